The van der Waals surface area contributed by atoms with Gasteiger partial charge in [-0.25, -0.2) is 0 Å². The summed E-state index contributed by atoms with van der Waals surface area (Å²) in [5, 5.41) is 22.1. The Bertz CT molecular complexity index is 1770. The van der Waals surface area contributed by atoms with E-state index in [1.165, 1.54) is 10.9 Å². The number of rotatable bonds is 7. The maximum Gasteiger partial charge on any atom is 0.263 e. The van der Waals surface area contributed by atoms with Gasteiger partial charge in [-0.1, -0.05) is 30.3 Å². The van der Waals surface area contributed by atoms with Crippen LogP contribution < -0.4 is 25.5 Å². The quantitative estimate of drug-likeness (QED) is 0.343. The molecule has 0 atom stereocenters. The van der Waals surface area contributed by atoms with Crippen molar-refractivity contribution < 1.29 is 24.2 Å². The van der Waals surface area contributed by atoms with Crippen LogP contribution in [-0.4, -0.2) is 37.8 Å². The summed E-state index contributed by atoms with van der Waals surface area (Å²) in [5.41, 5.74) is 2.80. The van der Waals surface area contributed by atoms with Crippen molar-refractivity contribution in [3.63, 3.8) is 0 Å². The zero-order valence-electron chi connectivity index (χ0n) is 19.9. The van der Waals surface area contributed by atoms with Crippen LogP contribution in [0.4, 0.5) is 0 Å². The highest BCUT2D eigenvalue weighted by Crippen LogP contribution is 2.32. The van der Waals surface area contributed by atoms with Gasteiger partial charge in [-0.15, -0.1) is 10.2 Å². The van der Waals surface area contributed by atoms with E-state index in [0.717, 1.165) is 11.1 Å². The number of ether oxygens (including phenoxy) is 2. The first-order chi connectivity index (χ1) is 18.5. The number of carbonyl (C=O) groups excluding carboxylic acids is 2. The summed E-state index contributed by atoms with van der Waals surface area (Å²) in [7, 11) is 0. The van der Waals surface area contributed by atoms with Crippen molar-refractivity contribution in [1.82, 2.24) is 24.5 Å². The van der Waals surface area contributed by atoms with Gasteiger partial charge in [0.25, 0.3) is 11.5 Å². The summed E-state index contributed by atoms with van der Waals surface area (Å²) in [6.07, 6.45) is 1.32. The van der Waals surface area contributed by atoms with Crippen LogP contribution in [0.25, 0.3) is 16.7 Å². The van der Waals surface area contributed by atoms with Crippen LogP contribution in [0.15, 0.2) is 71.8 Å². The van der Waals surface area contributed by atoms with E-state index >= 15 is 0 Å². The molecule has 0 saturated heterocycles. The first-order valence-corrected chi connectivity index (χ1v) is 11.8. The fourth-order valence-electron chi connectivity index (χ4n) is 4.47. The molecule has 5 aromatic rings. The van der Waals surface area contributed by atoms with Crippen molar-refractivity contribution in [3.8, 4) is 11.5 Å². The lowest BCUT2D eigenvalue weighted by Crippen LogP contribution is -2.26. The molecule has 0 saturated carbocycles. The number of aromatic nitrogens is 4. The molecule has 3 aromatic carbocycles. The van der Waals surface area contributed by atoms with Gasteiger partial charge in [0, 0.05) is 24.5 Å². The Labute approximate surface area is 214 Å². The van der Waals surface area contributed by atoms with Crippen molar-refractivity contribution in [3.05, 3.63) is 99.6 Å². The Hall–Kier alpha value is -5.19. The van der Waals surface area contributed by atoms with E-state index in [2.05, 4.69) is 15.5 Å². The smallest absolute Gasteiger partial charge is 0.263 e. The second-order valence-electron chi connectivity index (χ2n) is 8.86. The molecule has 0 aliphatic carbocycles. The zero-order valence-corrected chi connectivity index (χ0v) is 19.9. The highest BCUT2D eigenvalue weighted by Gasteiger charge is 2.17. The third kappa shape index (κ3) is 4.30. The van der Waals surface area contributed by atoms with Crippen LogP contribution in [0.3, 0.4) is 0 Å². The maximum absolute atomic E-state index is 13.6. The van der Waals surface area contributed by atoms with E-state index in [9.17, 15) is 19.5 Å². The molecule has 0 fully saturated rings. The minimum absolute atomic E-state index is 0.174. The summed E-state index contributed by atoms with van der Waals surface area (Å²) in [4.78, 5) is 37.4. The summed E-state index contributed by atoms with van der Waals surface area (Å²) in [6.45, 7) is 0.631. The molecule has 11 nitrogen and oxygen atoms in total. The average Bonchev–Trinajstić information content (AvgIpc) is 3.60. The predicted octanol–water partition coefficient (Wildman–Crippen LogP) is 1.04. The molecular formula is C27H20N5O6-. The van der Waals surface area contributed by atoms with E-state index < -0.39 is 5.97 Å². The van der Waals surface area contributed by atoms with Crippen LogP contribution >= 0.6 is 0 Å². The third-order valence-corrected chi connectivity index (χ3v) is 6.37. The number of aliphatic carboxylic acids is 1. The molecular weight excluding hydrogens is 490 g/mol. The molecule has 3 heterocycles. The second-order valence-corrected chi connectivity index (χ2v) is 8.86. The van der Waals surface area contributed by atoms with Crippen LogP contribution in [0.2, 0.25) is 0 Å². The van der Waals surface area contributed by atoms with Gasteiger partial charge in [0.15, 0.2) is 11.5 Å². The number of carbonyl (C=O) groups is 2. The number of nitrogens with zero attached hydrogens (tertiary/aromatic N) is 4. The van der Waals surface area contributed by atoms with Crippen LogP contribution in [0, 0.1) is 0 Å². The number of hydrogen-bond acceptors (Lipinski definition) is 8. The second kappa shape index (κ2) is 9.36. The molecule has 6 rings (SSSR count). The topological polar surface area (TPSA) is 140 Å². The summed E-state index contributed by atoms with van der Waals surface area (Å²) in [5.74, 6) is 0.155. The number of hydrogen-bond donors (Lipinski definition) is 1. The van der Waals surface area contributed by atoms with Crippen LogP contribution in [0.5, 0.6) is 11.5 Å². The van der Waals surface area contributed by atoms with Gasteiger partial charge in [0.2, 0.25) is 12.6 Å². The zero-order chi connectivity index (χ0) is 26.2. The van der Waals surface area contributed by atoms with Crippen molar-refractivity contribution >= 4 is 28.6 Å². The molecule has 1 N–H and O–H groups in total. The van der Waals surface area contributed by atoms with Gasteiger partial charge in [-0.3, -0.25) is 18.6 Å². The van der Waals surface area contributed by atoms with Crippen LogP contribution in [-0.2, 0) is 24.3 Å². The first kappa shape index (κ1) is 23.2. The standard InChI is InChI=1S/C27H21N5O6/c33-24(34)10-16-1-3-17(4-2-16)13-31-26(36)20-11-19(6-7-21(20)32-14-29-30-27(31)32)25(35)28-12-18-5-8-22-23(9-18)38-15-37-22/h1-9,11,14H,10,12-13,15H2,(H,28,35)(H,33,34)/p-1. The Kier molecular flexibility index (Phi) is 5.72. The van der Waals surface area contributed by atoms with Gasteiger partial charge >= 0.3 is 0 Å². The maximum atomic E-state index is 13.6. The Morgan fingerprint density at radius 3 is 2.53 bits per heavy atom. The number of amides is 1. The fourth-order valence-corrected chi connectivity index (χ4v) is 4.47. The van der Waals surface area contributed by atoms with Gasteiger partial charge in [0.1, 0.15) is 6.33 Å². The molecule has 1 aliphatic heterocycles. The third-order valence-electron chi connectivity index (χ3n) is 6.37. The molecule has 11 heteroatoms. The minimum Gasteiger partial charge on any atom is -0.550 e. The van der Waals surface area contributed by atoms with Gasteiger partial charge < -0.3 is 24.7 Å². The minimum atomic E-state index is -1.16. The number of nitrogens with one attached hydrogen (secondary N) is 1. The highest BCUT2D eigenvalue weighted by molar-refractivity contribution is 5.98. The van der Waals surface area contributed by atoms with E-state index in [1.807, 2.05) is 12.1 Å². The first-order valence-electron chi connectivity index (χ1n) is 11.8. The van der Waals surface area contributed by atoms with Gasteiger partial charge in [-0.05, 0) is 47.0 Å². The van der Waals surface area contributed by atoms with E-state index in [0.29, 0.717) is 39.3 Å². The Morgan fingerprint density at radius 2 is 1.71 bits per heavy atom. The largest absolute Gasteiger partial charge is 0.550 e. The number of carboxylic acids is 1. The summed E-state index contributed by atoms with van der Waals surface area (Å²) in [6, 6.07) is 17.2. The van der Waals surface area contributed by atoms with Crippen molar-refractivity contribution in [2.45, 2.75) is 19.5 Å². The Morgan fingerprint density at radius 1 is 0.947 bits per heavy atom. The number of fused-ring (bicyclic) bond motifs is 4. The number of carboxylic acid groups (broad SMARTS) is 1. The fraction of sp³-hybridized carbons (Fsp3) is 0.148. The predicted molar refractivity (Wildman–Crippen MR) is 133 cm³/mol. The molecule has 38 heavy (non-hydrogen) atoms. The van der Waals surface area contributed by atoms with Crippen molar-refractivity contribution in [1.29, 1.82) is 0 Å². The van der Waals surface area contributed by atoms with E-state index in [-0.39, 0.29) is 37.8 Å². The molecule has 0 unspecified atom stereocenters. The highest BCUT2D eigenvalue weighted by atomic mass is 16.7. The molecule has 0 spiro atoms. The normalized spacial score (nSPS) is 12.2. The molecule has 0 radical (unpaired) electrons. The molecule has 1 amide bonds. The summed E-state index contributed by atoms with van der Waals surface area (Å²) < 4.78 is 13.9. The summed E-state index contributed by atoms with van der Waals surface area (Å²) >= 11 is 0. The average molecular weight is 510 g/mol. The lowest BCUT2D eigenvalue weighted by atomic mass is 10.1. The SMILES string of the molecule is O=C([O-])Cc1ccc(Cn2c(=O)c3cc(C(=O)NCc4ccc5c(c4)OCO5)ccc3n3cnnc23)cc1. The monoisotopic (exact) mass is 510 g/mol. The molecule has 2 aromatic heterocycles. The Balaban J connectivity index is 1.29. The van der Waals surface area contributed by atoms with E-state index in [4.69, 9.17) is 9.47 Å². The van der Waals surface area contributed by atoms with Crippen molar-refractivity contribution in [2.24, 2.45) is 0 Å². The van der Waals surface area contributed by atoms with Gasteiger partial charge in [-0.2, -0.15) is 0 Å². The van der Waals surface area contributed by atoms with Crippen LogP contribution in [0.1, 0.15) is 27.0 Å². The lowest BCUT2D eigenvalue weighted by Gasteiger charge is -2.12. The van der Waals surface area contributed by atoms with Gasteiger partial charge in [0.05, 0.1) is 17.4 Å². The molecule has 190 valence electrons. The number of benzene rings is 3. The van der Waals surface area contributed by atoms with E-state index in [1.54, 1.807) is 52.9 Å². The molecule has 1 aliphatic rings. The lowest BCUT2D eigenvalue weighted by molar-refractivity contribution is -0.304. The van der Waals surface area contributed by atoms with Crippen molar-refractivity contribution in [2.75, 3.05) is 6.79 Å². The molecule has 0 bridgehead atoms.